The van der Waals surface area contributed by atoms with Crippen LogP contribution in [0.5, 0.6) is 0 Å². The molecule has 6 nitrogen and oxygen atoms in total. The molecule has 0 amide bonds. The van der Waals surface area contributed by atoms with Crippen LogP contribution in [-0.4, -0.2) is 77.0 Å². The molecule has 1 aliphatic heterocycles. The third kappa shape index (κ3) is 11.7. The standard InChI is InChI=1S/C19H36N2O4S/c1-3-4-5-6-7-8-9-10-17-25-18-15-20-11-13-21(14-12-20)16-19-26(22,23)24-2/h7-8,10,17H,3-6,9,11-16,18-19H2,1-2H3/b8-7+,17-10?. The molecule has 0 bridgehead atoms. The lowest BCUT2D eigenvalue weighted by molar-refractivity contribution is 0.111. The molecule has 1 saturated heterocycles. The fourth-order valence-electron chi connectivity index (χ4n) is 2.74. The number of hydrogen-bond donors (Lipinski definition) is 0. The van der Waals surface area contributed by atoms with E-state index in [4.69, 9.17) is 4.74 Å². The zero-order valence-electron chi connectivity index (χ0n) is 16.4. The smallest absolute Gasteiger partial charge is 0.268 e. The summed E-state index contributed by atoms with van der Waals surface area (Å²) < 4.78 is 32.7. The molecule has 0 aromatic carbocycles. The Kier molecular flexibility index (Phi) is 12.6. The molecule has 0 radical (unpaired) electrons. The molecule has 7 heteroatoms. The number of ether oxygens (including phenoxy) is 1. The minimum atomic E-state index is -3.35. The molecule has 152 valence electrons. The minimum absolute atomic E-state index is 0.0600. The van der Waals surface area contributed by atoms with Gasteiger partial charge in [-0.1, -0.05) is 31.9 Å². The first-order valence-electron chi connectivity index (χ1n) is 9.72. The summed E-state index contributed by atoms with van der Waals surface area (Å²) in [6, 6.07) is 0. The summed E-state index contributed by atoms with van der Waals surface area (Å²) in [5.74, 6) is 0.0600. The van der Waals surface area contributed by atoms with Crippen LogP contribution in [0.4, 0.5) is 0 Å². The fourth-order valence-corrected chi connectivity index (χ4v) is 3.39. The summed E-state index contributed by atoms with van der Waals surface area (Å²) in [6.07, 6.45) is 14.2. The summed E-state index contributed by atoms with van der Waals surface area (Å²) in [7, 11) is -2.14. The molecule has 0 spiro atoms. The highest BCUT2D eigenvalue weighted by atomic mass is 32.2. The SMILES string of the molecule is CCCCC/C=C/CC=COCCN1CCN(CCS(=O)(=O)OC)CC1. The number of allylic oxidation sites excluding steroid dienone is 3. The zero-order chi connectivity index (χ0) is 19.1. The third-order valence-electron chi connectivity index (χ3n) is 4.51. The van der Waals surface area contributed by atoms with E-state index in [9.17, 15) is 8.42 Å². The normalized spacial score (nSPS) is 17.5. The number of unbranched alkanes of at least 4 members (excludes halogenated alkanes) is 3. The Balaban J connectivity index is 2.00. The van der Waals surface area contributed by atoms with Crippen LogP contribution in [-0.2, 0) is 19.0 Å². The summed E-state index contributed by atoms with van der Waals surface area (Å²) >= 11 is 0. The highest BCUT2D eigenvalue weighted by Crippen LogP contribution is 2.03. The number of rotatable bonds is 14. The molecular weight excluding hydrogens is 352 g/mol. The molecule has 1 rings (SSSR count). The van der Waals surface area contributed by atoms with Crippen molar-refractivity contribution in [2.24, 2.45) is 0 Å². The Hall–Kier alpha value is -0.890. The molecule has 0 aromatic rings. The Bertz CT molecular complexity index is 498. The minimum Gasteiger partial charge on any atom is -0.500 e. The second-order valence-electron chi connectivity index (χ2n) is 6.56. The van der Waals surface area contributed by atoms with Crippen LogP contribution in [0.2, 0.25) is 0 Å². The molecule has 0 saturated carbocycles. The first-order chi connectivity index (χ1) is 12.6. The molecule has 0 aromatic heterocycles. The van der Waals surface area contributed by atoms with Crippen molar-refractivity contribution in [2.75, 3.05) is 58.7 Å². The molecular formula is C19H36N2O4S. The topological polar surface area (TPSA) is 59.1 Å². The van der Waals surface area contributed by atoms with Crippen LogP contribution in [0, 0.1) is 0 Å². The Morgan fingerprint density at radius 1 is 0.962 bits per heavy atom. The van der Waals surface area contributed by atoms with Crippen molar-refractivity contribution in [2.45, 2.75) is 39.0 Å². The van der Waals surface area contributed by atoms with Crippen molar-refractivity contribution in [1.82, 2.24) is 9.80 Å². The fraction of sp³-hybridized carbons (Fsp3) is 0.789. The van der Waals surface area contributed by atoms with Crippen LogP contribution in [0.3, 0.4) is 0 Å². The van der Waals surface area contributed by atoms with E-state index in [0.29, 0.717) is 13.2 Å². The van der Waals surface area contributed by atoms with Crippen molar-refractivity contribution < 1.29 is 17.3 Å². The third-order valence-corrected chi connectivity index (χ3v) is 5.70. The van der Waals surface area contributed by atoms with Gasteiger partial charge in [0.2, 0.25) is 0 Å². The largest absolute Gasteiger partial charge is 0.500 e. The van der Waals surface area contributed by atoms with E-state index in [0.717, 1.165) is 39.1 Å². The van der Waals surface area contributed by atoms with E-state index >= 15 is 0 Å². The Morgan fingerprint density at radius 2 is 1.65 bits per heavy atom. The number of nitrogens with zero attached hydrogens (tertiary/aromatic N) is 2. The van der Waals surface area contributed by atoms with Gasteiger partial charge in [-0.3, -0.25) is 14.0 Å². The molecule has 1 aliphatic rings. The van der Waals surface area contributed by atoms with E-state index in [2.05, 4.69) is 33.1 Å². The molecule has 1 fully saturated rings. The number of piperazine rings is 1. The van der Waals surface area contributed by atoms with E-state index < -0.39 is 10.1 Å². The average molecular weight is 389 g/mol. The monoisotopic (exact) mass is 388 g/mol. The predicted octanol–water partition coefficient (Wildman–Crippen LogP) is 2.64. The highest BCUT2D eigenvalue weighted by Gasteiger charge is 2.18. The van der Waals surface area contributed by atoms with Crippen LogP contribution in [0.25, 0.3) is 0 Å². The van der Waals surface area contributed by atoms with Gasteiger partial charge in [0.15, 0.2) is 0 Å². The van der Waals surface area contributed by atoms with Crippen molar-refractivity contribution in [3.63, 3.8) is 0 Å². The van der Waals surface area contributed by atoms with Gasteiger partial charge in [-0.2, -0.15) is 8.42 Å². The number of hydrogen-bond acceptors (Lipinski definition) is 6. The van der Waals surface area contributed by atoms with Crippen molar-refractivity contribution >= 4 is 10.1 Å². The molecule has 26 heavy (non-hydrogen) atoms. The molecule has 0 unspecified atom stereocenters. The summed E-state index contributed by atoms with van der Waals surface area (Å²) in [4.78, 5) is 4.52. The maximum atomic E-state index is 11.3. The lowest BCUT2D eigenvalue weighted by Gasteiger charge is -2.34. The van der Waals surface area contributed by atoms with Gasteiger partial charge in [0, 0.05) is 39.3 Å². The zero-order valence-corrected chi connectivity index (χ0v) is 17.3. The van der Waals surface area contributed by atoms with Gasteiger partial charge in [-0.05, 0) is 25.3 Å². The summed E-state index contributed by atoms with van der Waals surface area (Å²) in [5.41, 5.74) is 0. The van der Waals surface area contributed by atoms with Gasteiger partial charge in [0.1, 0.15) is 0 Å². The first kappa shape index (κ1) is 23.1. The maximum absolute atomic E-state index is 11.3. The Morgan fingerprint density at radius 3 is 2.31 bits per heavy atom. The van der Waals surface area contributed by atoms with Gasteiger partial charge in [-0.15, -0.1) is 0 Å². The van der Waals surface area contributed by atoms with E-state index in [1.54, 1.807) is 6.26 Å². The molecule has 0 N–H and O–H groups in total. The van der Waals surface area contributed by atoms with E-state index in [1.807, 2.05) is 6.08 Å². The van der Waals surface area contributed by atoms with Crippen molar-refractivity contribution in [3.05, 3.63) is 24.5 Å². The van der Waals surface area contributed by atoms with Gasteiger partial charge < -0.3 is 4.74 Å². The van der Waals surface area contributed by atoms with Crippen LogP contribution in [0.15, 0.2) is 24.5 Å². The molecule has 0 aliphatic carbocycles. The lowest BCUT2D eigenvalue weighted by atomic mass is 10.2. The second kappa shape index (κ2) is 14.2. The predicted molar refractivity (Wildman–Crippen MR) is 107 cm³/mol. The summed E-state index contributed by atoms with van der Waals surface area (Å²) in [6.45, 7) is 8.02. The second-order valence-corrected chi connectivity index (χ2v) is 8.41. The average Bonchev–Trinajstić information content (AvgIpc) is 2.65. The van der Waals surface area contributed by atoms with Gasteiger partial charge in [0.05, 0.1) is 25.7 Å². The van der Waals surface area contributed by atoms with E-state index in [-0.39, 0.29) is 5.75 Å². The van der Waals surface area contributed by atoms with Gasteiger partial charge >= 0.3 is 0 Å². The lowest BCUT2D eigenvalue weighted by Crippen LogP contribution is -2.48. The highest BCUT2D eigenvalue weighted by molar-refractivity contribution is 7.86. The molecule has 0 atom stereocenters. The van der Waals surface area contributed by atoms with Crippen LogP contribution < -0.4 is 0 Å². The quantitative estimate of drug-likeness (QED) is 0.197. The van der Waals surface area contributed by atoms with Crippen LogP contribution in [0.1, 0.15) is 39.0 Å². The van der Waals surface area contributed by atoms with Gasteiger partial charge in [0.25, 0.3) is 10.1 Å². The van der Waals surface area contributed by atoms with Crippen LogP contribution >= 0.6 is 0 Å². The summed E-state index contributed by atoms with van der Waals surface area (Å²) in [5, 5.41) is 0. The molecule has 1 heterocycles. The Labute approximate surface area is 160 Å². The van der Waals surface area contributed by atoms with Crippen molar-refractivity contribution in [3.8, 4) is 0 Å². The van der Waals surface area contributed by atoms with Crippen molar-refractivity contribution in [1.29, 1.82) is 0 Å². The maximum Gasteiger partial charge on any atom is 0.268 e. The van der Waals surface area contributed by atoms with E-state index in [1.165, 1.54) is 32.8 Å². The first-order valence-corrected chi connectivity index (χ1v) is 11.3. The van der Waals surface area contributed by atoms with Gasteiger partial charge in [-0.25, -0.2) is 0 Å².